The van der Waals surface area contributed by atoms with Crippen LogP contribution >= 0.6 is 0 Å². The molecule has 1 atom stereocenters. The lowest BCUT2D eigenvalue weighted by molar-refractivity contribution is 0.224. The molecule has 0 aliphatic carbocycles. The lowest BCUT2D eigenvalue weighted by Gasteiger charge is -2.30. The van der Waals surface area contributed by atoms with Crippen molar-refractivity contribution in [2.45, 2.75) is 13.1 Å². The molecular formula is C21H17F3N2O2. The monoisotopic (exact) mass is 386 g/mol. The van der Waals surface area contributed by atoms with Crippen molar-refractivity contribution in [1.82, 2.24) is 0 Å². The Hall–Kier alpha value is -3.19. The summed E-state index contributed by atoms with van der Waals surface area (Å²) in [5, 5.41) is 11.7. The van der Waals surface area contributed by atoms with E-state index in [-0.39, 0.29) is 22.8 Å². The second kappa shape index (κ2) is 6.76. The van der Waals surface area contributed by atoms with Crippen molar-refractivity contribution in [2.75, 3.05) is 17.1 Å². The zero-order chi connectivity index (χ0) is 20.0. The van der Waals surface area contributed by atoms with Crippen LogP contribution in [0.25, 0.3) is 0 Å². The van der Waals surface area contributed by atoms with Crippen LogP contribution in [0.3, 0.4) is 0 Å². The van der Waals surface area contributed by atoms with Gasteiger partial charge >= 0.3 is 0 Å². The van der Waals surface area contributed by atoms with Gasteiger partial charge in [-0.05, 0) is 30.2 Å². The van der Waals surface area contributed by atoms with Crippen LogP contribution in [-0.2, 0) is 0 Å². The van der Waals surface area contributed by atoms with E-state index in [1.807, 2.05) is 0 Å². The Bertz CT molecular complexity index is 1040. The first-order valence-electron chi connectivity index (χ1n) is 8.58. The first-order valence-corrected chi connectivity index (χ1v) is 8.58. The molecule has 0 aromatic heterocycles. The van der Waals surface area contributed by atoms with Crippen LogP contribution in [-0.4, -0.2) is 12.3 Å². The number of hydrogen-bond donors (Lipinski definition) is 1. The average Bonchev–Trinajstić information content (AvgIpc) is 2.98. The maximum Gasteiger partial charge on any atom is 0.185 e. The van der Waals surface area contributed by atoms with E-state index in [1.54, 1.807) is 43.3 Å². The van der Waals surface area contributed by atoms with Gasteiger partial charge in [-0.1, -0.05) is 36.4 Å². The van der Waals surface area contributed by atoms with E-state index in [4.69, 9.17) is 4.74 Å². The summed E-state index contributed by atoms with van der Waals surface area (Å²) in [6.07, 6.45) is -1.02. The first-order chi connectivity index (χ1) is 13.4. The lowest BCUT2D eigenvalue weighted by atomic mass is 10.1. The van der Waals surface area contributed by atoms with Gasteiger partial charge < -0.3 is 9.64 Å². The standard InChI is InChI=1S/C21H17F3N2O2/c1-12-8-9-16(14(22)10-12)25-20-18(24)15(23)11-17(28-2)19(20)26(27)21(25)13-6-4-3-5-7-13/h3-11,21,27H,1-2H3. The molecule has 28 heavy (non-hydrogen) atoms. The van der Waals surface area contributed by atoms with Crippen molar-refractivity contribution in [3.63, 3.8) is 0 Å². The topological polar surface area (TPSA) is 35.9 Å². The zero-order valence-electron chi connectivity index (χ0n) is 15.2. The number of benzene rings is 3. The highest BCUT2D eigenvalue weighted by Crippen LogP contribution is 2.55. The van der Waals surface area contributed by atoms with Gasteiger partial charge in [0.05, 0.1) is 12.8 Å². The summed E-state index contributed by atoms with van der Waals surface area (Å²) in [6.45, 7) is 1.72. The Balaban J connectivity index is 2.04. The third kappa shape index (κ3) is 2.66. The van der Waals surface area contributed by atoms with E-state index >= 15 is 0 Å². The molecule has 1 aliphatic heterocycles. The van der Waals surface area contributed by atoms with Crippen LogP contribution in [0.5, 0.6) is 5.75 Å². The highest BCUT2D eigenvalue weighted by molar-refractivity contribution is 5.88. The Kier molecular flexibility index (Phi) is 4.39. The van der Waals surface area contributed by atoms with Crippen molar-refractivity contribution in [3.8, 4) is 5.75 Å². The van der Waals surface area contributed by atoms with Gasteiger partial charge in [0.15, 0.2) is 17.8 Å². The summed E-state index contributed by atoms with van der Waals surface area (Å²) >= 11 is 0. The Morgan fingerprint density at radius 3 is 2.29 bits per heavy atom. The van der Waals surface area contributed by atoms with Crippen molar-refractivity contribution in [1.29, 1.82) is 0 Å². The predicted octanol–water partition coefficient (Wildman–Crippen LogP) is 5.47. The zero-order valence-corrected chi connectivity index (χ0v) is 15.2. The lowest BCUT2D eigenvalue weighted by Crippen LogP contribution is -2.31. The highest BCUT2D eigenvalue weighted by atomic mass is 19.2. The van der Waals surface area contributed by atoms with Gasteiger partial charge in [-0.15, -0.1) is 0 Å². The van der Waals surface area contributed by atoms with Gasteiger partial charge in [-0.25, -0.2) is 18.2 Å². The molecule has 144 valence electrons. The number of hydroxylamine groups is 1. The minimum atomic E-state index is -1.20. The summed E-state index contributed by atoms with van der Waals surface area (Å²) in [4.78, 5) is 1.24. The van der Waals surface area contributed by atoms with Gasteiger partial charge in [0.25, 0.3) is 0 Å². The number of nitrogens with zero attached hydrogens (tertiary/aromatic N) is 2. The van der Waals surface area contributed by atoms with Crippen LogP contribution in [0.2, 0.25) is 0 Å². The van der Waals surface area contributed by atoms with E-state index in [0.717, 1.165) is 11.1 Å². The Morgan fingerprint density at radius 1 is 0.929 bits per heavy atom. The number of fused-ring (bicyclic) bond motifs is 1. The molecule has 3 aromatic carbocycles. The highest BCUT2D eigenvalue weighted by Gasteiger charge is 2.44. The molecule has 1 N–H and O–H groups in total. The smallest absolute Gasteiger partial charge is 0.185 e. The summed E-state index contributed by atoms with van der Waals surface area (Å²) in [7, 11) is 1.29. The molecule has 4 rings (SSSR count). The molecular weight excluding hydrogens is 369 g/mol. The molecule has 1 unspecified atom stereocenters. The van der Waals surface area contributed by atoms with Crippen LogP contribution in [0.15, 0.2) is 54.6 Å². The number of anilines is 3. The van der Waals surface area contributed by atoms with E-state index in [1.165, 1.54) is 24.1 Å². The quantitative estimate of drug-likeness (QED) is 0.648. The largest absolute Gasteiger partial charge is 0.494 e. The second-order valence-corrected chi connectivity index (χ2v) is 6.53. The third-order valence-electron chi connectivity index (χ3n) is 4.76. The van der Waals surface area contributed by atoms with Gasteiger partial charge in [-0.3, -0.25) is 5.21 Å². The van der Waals surface area contributed by atoms with Crippen molar-refractivity contribution >= 4 is 17.1 Å². The molecule has 7 heteroatoms. The van der Waals surface area contributed by atoms with E-state index in [9.17, 15) is 18.4 Å². The average molecular weight is 386 g/mol. The van der Waals surface area contributed by atoms with Crippen LogP contribution < -0.4 is 14.7 Å². The summed E-state index contributed by atoms with van der Waals surface area (Å²) in [5.41, 5.74) is 0.869. The fourth-order valence-electron chi connectivity index (χ4n) is 3.51. The fourth-order valence-corrected chi connectivity index (χ4v) is 3.51. The third-order valence-corrected chi connectivity index (χ3v) is 4.76. The van der Waals surface area contributed by atoms with Crippen molar-refractivity contribution in [3.05, 3.63) is 83.2 Å². The number of ether oxygens (including phenoxy) is 1. The SMILES string of the molecule is COc1cc(F)c(F)c2c1N(O)C(c1ccccc1)N2c1ccc(C)cc1F. The van der Waals surface area contributed by atoms with Crippen LogP contribution in [0.1, 0.15) is 17.3 Å². The van der Waals surface area contributed by atoms with E-state index in [0.29, 0.717) is 11.1 Å². The predicted molar refractivity (Wildman–Crippen MR) is 99.6 cm³/mol. The van der Waals surface area contributed by atoms with Gasteiger partial charge in [0, 0.05) is 6.07 Å². The van der Waals surface area contributed by atoms with Crippen molar-refractivity contribution in [2.24, 2.45) is 0 Å². The van der Waals surface area contributed by atoms with Gasteiger partial charge in [0.1, 0.15) is 22.9 Å². The van der Waals surface area contributed by atoms with Crippen LogP contribution in [0, 0.1) is 24.4 Å². The first kappa shape index (κ1) is 18.2. The van der Waals surface area contributed by atoms with Crippen LogP contribution in [0.4, 0.5) is 30.2 Å². The summed E-state index contributed by atoms with van der Waals surface area (Å²) in [5.74, 6) is -3.04. The molecule has 0 fully saturated rings. The Morgan fingerprint density at radius 2 is 1.64 bits per heavy atom. The van der Waals surface area contributed by atoms with E-state index in [2.05, 4.69) is 0 Å². The number of methoxy groups -OCH3 is 1. The molecule has 0 saturated carbocycles. The maximum absolute atomic E-state index is 14.9. The maximum atomic E-state index is 14.9. The van der Waals surface area contributed by atoms with Gasteiger partial charge in [-0.2, -0.15) is 0 Å². The number of aryl methyl sites for hydroxylation is 1. The summed E-state index contributed by atoms with van der Waals surface area (Å²) < 4.78 is 49.1. The molecule has 0 saturated heterocycles. The van der Waals surface area contributed by atoms with Gasteiger partial charge in [0.2, 0.25) is 0 Å². The van der Waals surface area contributed by atoms with E-state index < -0.39 is 23.6 Å². The number of halogens is 3. The molecule has 4 nitrogen and oxygen atoms in total. The molecule has 1 heterocycles. The number of hydrogen-bond acceptors (Lipinski definition) is 4. The summed E-state index contributed by atoms with van der Waals surface area (Å²) in [6, 6.07) is 14.0. The number of rotatable bonds is 3. The minimum Gasteiger partial charge on any atom is -0.494 e. The van der Waals surface area contributed by atoms with Crippen molar-refractivity contribution < 1.29 is 23.1 Å². The molecule has 0 bridgehead atoms. The fraction of sp³-hybridized carbons (Fsp3) is 0.143. The second-order valence-electron chi connectivity index (χ2n) is 6.53. The molecule has 0 radical (unpaired) electrons. The molecule has 0 amide bonds. The Labute approximate surface area is 160 Å². The minimum absolute atomic E-state index is 0.00352. The molecule has 3 aromatic rings. The molecule has 1 aliphatic rings. The normalized spacial score (nSPS) is 15.7. The molecule has 0 spiro atoms.